The zero-order valence-electron chi connectivity index (χ0n) is 5.39. The van der Waals surface area contributed by atoms with E-state index in [-0.39, 0.29) is 7.12 Å². The molecule has 0 aliphatic carbocycles. The fraction of sp³-hybridized carbons (Fsp3) is 0.600. The summed E-state index contributed by atoms with van der Waals surface area (Å²) in [5.74, 6) is 1.80. The van der Waals surface area contributed by atoms with Crippen LogP contribution in [-0.4, -0.2) is 7.12 Å². The van der Waals surface area contributed by atoms with Gasteiger partial charge in [-0.1, -0.05) is 0 Å². The summed E-state index contributed by atoms with van der Waals surface area (Å²) in [7, 11) is -0.0741. The first kappa shape index (κ1) is 5.54. The van der Waals surface area contributed by atoms with Crippen molar-refractivity contribution in [2.45, 2.75) is 20.7 Å². The molecule has 1 aliphatic rings. The fourth-order valence-corrected chi connectivity index (χ4v) is 0.688. The van der Waals surface area contributed by atoms with Crippen molar-refractivity contribution in [3.05, 3.63) is 11.5 Å². The van der Waals surface area contributed by atoms with E-state index in [1.54, 1.807) is 0 Å². The van der Waals surface area contributed by atoms with E-state index in [1.807, 2.05) is 20.7 Å². The van der Waals surface area contributed by atoms with Crippen LogP contribution >= 0.6 is 0 Å². The van der Waals surface area contributed by atoms with Gasteiger partial charge in [0.1, 0.15) is 11.5 Å². The van der Waals surface area contributed by atoms with Crippen LogP contribution in [0.5, 0.6) is 0 Å². The van der Waals surface area contributed by atoms with Gasteiger partial charge in [-0.3, -0.25) is 0 Å². The van der Waals surface area contributed by atoms with E-state index in [2.05, 4.69) is 0 Å². The van der Waals surface area contributed by atoms with E-state index in [1.165, 1.54) is 0 Å². The van der Waals surface area contributed by atoms with Gasteiger partial charge in [0.25, 0.3) is 0 Å². The highest BCUT2D eigenvalue weighted by molar-refractivity contribution is 6.44. The van der Waals surface area contributed by atoms with Crippen molar-refractivity contribution in [2.24, 2.45) is 0 Å². The highest BCUT2D eigenvalue weighted by atomic mass is 16.6. The van der Waals surface area contributed by atoms with Crippen molar-refractivity contribution < 1.29 is 9.31 Å². The van der Waals surface area contributed by atoms with Crippen molar-refractivity contribution >= 4 is 7.12 Å². The van der Waals surface area contributed by atoms with Gasteiger partial charge in [0.05, 0.1) is 0 Å². The van der Waals surface area contributed by atoms with Gasteiger partial charge in [0, 0.05) is 0 Å². The SMILES string of the molecule is CB1OC(C)=C(C)O1. The normalized spacial score (nSPS) is 18.6. The molecule has 0 aromatic carbocycles. The minimum absolute atomic E-state index is 0.0741. The molecule has 0 saturated heterocycles. The Balaban J connectivity index is 2.60. The fourth-order valence-electron chi connectivity index (χ4n) is 0.688. The third-order valence-corrected chi connectivity index (χ3v) is 1.18. The molecule has 2 nitrogen and oxygen atoms in total. The second kappa shape index (κ2) is 1.73. The Morgan fingerprint density at radius 3 is 1.62 bits per heavy atom. The monoisotopic (exact) mass is 112 g/mol. The predicted molar refractivity (Wildman–Crippen MR) is 32.2 cm³/mol. The van der Waals surface area contributed by atoms with Gasteiger partial charge in [-0.2, -0.15) is 0 Å². The standard InChI is InChI=1S/C5H9BO2/c1-4-5(2)8-6(3)7-4/h1-3H3. The number of allylic oxidation sites excluding steroid dienone is 2. The topological polar surface area (TPSA) is 18.5 Å². The summed E-state index contributed by atoms with van der Waals surface area (Å²) < 4.78 is 10.3. The van der Waals surface area contributed by atoms with Crippen LogP contribution in [0.1, 0.15) is 13.8 Å². The van der Waals surface area contributed by atoms with Crippen molar-refractivity contribution in [2.75, 3.05) is 0 Å². The van der Waals surface area contributed by atoms with Crippen LogP contribution < -0.4 is 0 Å². The first-order valence-corrected chi connectivity index (χ1v) is 2.71. The Morgan fingerprint density at radius 2 is 1.50 bits per heavy atom. The smallest absolute Gasteiger partial charge is 0.527 e. The predicted octanol–water partition coefficient (Wildman–Crippen LogP) is 1.40. The molecular formula is C5H9BO2. The van der Waals surface area contributed by atoms with Gasteiger partial charge in [-0.05, 0) is 20.7 Å². The van der Waals surface area contributed by atoms with Crippen LogP contribution in [0.2, 0.25) is 6.82 Å². The number of hydrogen-bond donors (Lipinski definition) is 0. The summed E-state index contributed by atoms with van der Waals surface area (Å²) in [5, 5.41) is 0. The molecule has 44 valence electrons. The first-order valence-electron chi connectivity index (χ1n) is 2.71. The zero-order valence-corrected chi connectivity index (χ0v) is 5.39. The molecule has 0 radical (unpaired) electrons. The van der Waals surface area contributed by atoms with Gasteiger partial charge in [-0.15, -0.1) is 0 Å². The van der Waals surface area contributed by atoms with Crippen LogP contribution in [0, 0.1) is 0 Å². The third-order valence-electron chi connectivity index (χ3n) is 1.18. The Hall–Kier alpha value is -0.595. The maximum Gasteiger partial charge on any atom is 0.591 e. The van der Waals surface area contributed by atoms with Crippen molar-refractivity contribution in [1.82, 2.24) is 0 Å². The quantitative estimate of drug-likeness (QED) is 0.441. The second-order valence-corrected chi connectivity index (χ2v) is 1.92. The Labute approximate surface area is 49.6 Å². The van der Waals surface area contributed by atoms with Gasteiger partial charge in [0.2, 0.25) is 0 Å². The molecule has 0 unspecified atom stereocenters. The molecule has 1 aliphatic heterocycles. The van der Waals surface area contributed by atoms with Crippen LogP contribution in [-0.2, 0) is 9.31 Å². The van der Waals surface area contributed by atoms with Crippen LogP contribution in [0.15, 0.2) is 11.5 Å². The number of hydrogen-bond acceptors (Lipinski definition) is 2. The average molecular weight is 112 g/mol. The van der Waals surface area contributed by atoms with Crippen molar-refractivity contribution in [1.29, 1.82) is 0 Å². The molecule has 0 bridgehead atoms. The Kier molecular flexibility index (Phi) is 1.20. The largest absolute Gasteiger partial charge is 0.591 e. The Morgan fingerprint density at radius 1 is 1.12 bits per heavy atom. The molecule has 0 aromatic heterocycles. The molecule has 1 rings (SSSR count). The lowest BCUT2D eigenvalue weighted by Gasteiger charge is -1.95. The maximum atomic E-state index is 5.13. The summed E-state index contributed by atoms with van der Waals surface area (Å²) in [4.78, 5) is 0. The van der Waals surface area contributed by atoms with E-state index in [0.717, 1.165) is 11.5 Å². The van der Waals surface area contributed by atoms with Gasteiger partial charge < -0.3 is 9.31 Å². The molecule has 0 aromatic rings. The van der Waals surface area contributed by atoms with Crippen LogP contribution in [0.25, 0.3) is 0 Å². The van der Waals surface area contributed by atoms with E-state index in [0.29, 0.717) is 0 Å². The van der Waals surface area contributed by atoms with Gasteiger partial charge >= 0.3 is 7.12 Å². The molecule has 0 atom stereocenters. The molecule has 8 heavy (non-hydrogen) atoms. The van der Waals surface area contributed by atoms with Crippen LogP contribution in [0.3, 0.4) is 0 Å². The minimum atomic E-state index is -0.0741. The number of rotatable bonds is 0. The van der Waals surface area contributed by atoms with Crippen molar-refractivity contribution in [3.8, 4) is 0 Å². The zero-order chi connectivity index (χ0) is 6.15. The summed E-state index contributed by atoms with van der Waals surface area (Å²) in [6.07, 6.45) is 0. The van der Waals surface area contributed by atoms with E-state index >= 15 is 0 Å². The average Bonchev–Trinajstić information content (AvgIpc) is 1.85. The molecule has 0 saturated carbocycles. The van der Waals surface area contributed by atoms with Crippen LogP contribution in [0.4, 0.5) is 0 Å². The maximum absolute atomic E-state index is 5.13. The first-order chi connectivity index (χ1) is 3.70. The lowest BCUT2D eigenvalue weighted by Crippen LogP contribution is -2.07. The highest BCUT2D eigenvalue weighted by Crippen LogP contribution is 2.17. The summed E-state index contributed by atoms with van der Waals surface area (Å²) >= 11 is 0. The summed E-state index contributed by atoms with van der Waals surface area (Å²) in [5.41, 5.74) is 0. The molecule has 3 heteroatoms. The third kappa shape index (κ3) is 0.806. The van der Waals surface area contributed by atoms with Crippen molar-refractivity contribution in [3.63, 3.8) is 0 Å². The van der Waals surface area contributed by atoms with E-state index < -0.39 is 0 Å². The molecule has 0 fully saturated rings. The molecule has 0 N–H and O–H groups in total. The molecular weight excluding hydrogens is 103 g/mol. The summed E-state index contributed by atoms with van der Waals surface area (Å²) in [6.45, 7) is 5.68. The second-order valence-electron chi connectivity index (χ2n) is 1.92. The Bertz CT molecular complexity index is 116. The summed E-state index contributed by atoms with van der Waals surface area (Å²) in [6, 6.07) is 0. The molecule has 0 spiro atoms. The lowest BCUT2D eigenvalue weighted by molar-refractivity contribution is 0.384. The lowest BCUT2D eigenvalue weighted by atomic mass is 9.97. The highest BCUT2D eigenvalue weighted by Gasteiger charge is 2.22. The van der Waals surface area contributed by atoms with E-state index in [4.69, 9.17) is 9.31 Å². The van der Waals surface area contributed by atoms with E-state index in [9.17, 15) is 0 Å². The van der Waals surface area contributed by atoms with Gasteiger partial charge in [-0.25, -0.2) is 0 Å². The molecule has 0 amide bonds. The molecule has 1 heterocycles. The minimum Gasteiger partial charge on any atom is -0.527 e. The van der Waals surface area contributed by atoms with Gasteiger partial charge in [0.15, 0.2) is 0 Å².